The molecule has 0 bridgehead atoms. The Morgan fingerprint density at radius 3 is 2.90 bits per heavy atom. The molecule has 2 atom stereocenters. The Morgan fingerprint density at radius 2 is 2.14 bits per heavy atom. The highest BCUT2D eigenvalue weighted by Gasteiger charge is 2.32. The van der Waals surface area contributed by atoms with Gasteiger partial charge in [0, 0.05) is 18.7 Å². The number of rotatable bonds is 5. The second kappa shape index (κ2) is 7.91. The third kappa shape index (κ3) is 3.92. The van der Waals surface area contributed by atoms with Gasteiger partial charge in [0.15, 0.2) is 0 Å². The molecular weight excluding hydrogens is 369 g/mol. The maximum absolute atomic E-state index is 14.3. The Bertz CT molecular complexity index is 1070. The van der Waals surface area contributed by atoms with E-state index in [1.54, 1.807) is 19.5 Å². The predicted molar refractivity (Wildman–Crippen MR) is 110 cm³/mol. The number of nitrogens with one attached hydrogen (secondary N) is 1. The molecule has 2 aromatic carbocycles. The summed E-state index contributed by atoms with van der Waals surface area (Å²) in [7, 11) is 1.60. The lowest BCUT2D eigenvalue weighted by Gasteiger charge is -2.15. The highest BCUT2D eigenvalue weighted by atomic mass is 19.1. The molecule has 1 aliphatic carbocycles. The van der Waals surface area contributed by atoms with Crippen molar-refractivity contribution in [3.8, 4) is 11.4 Å². The zero-order valence-electron chi connectivity index (χ0n) is 16.3. The third-order valence-electron chi connectivity index (χ3n) is 5.09. The number of carbonyl (C=O) groups excluding carboxylic acids is 1. The molecule has 6 heteroatoms. The predicted octanol–water partition coefficient (Wildman–Crippen LogP) is 3.95. The van der Waals surface area contributed by atoms with Gasteiger partial charge in [-0.25, -0.2) is 9.37 Å². The van der Waals surface area contributed by atoms with Crippen LogP contribution in [0.2, 0.25) is 0 Å². The molecule has 1 N–H and O–H groups in total. The normalized spacial score (nSPS) is 18.0. The first-order valence-corrected chi connectivity index (χ1v) is 9.44. The van der Waals surface area contributed by atoms with Crippen LogP contribution in [-0.2, 0) is 11.2 Å². The molecule has 1 aromatic heterocycles. The molecule has 5 nitrogen and oxygen atoms in total. The van der Waals surface area contributed by atoms with E-state index < -0.39 is 12.2 Å². The number of hydrogen-bond acceptors (Lipinski definition) is 3. The fourth-order valence-corrected chi connectivity index (χ4v) is 3.65. The number of methoxy groups -OCH3 is 1. The molecule has 0 aliphatic heterocycles. The number of amides is 1. The number of ether oxygens (including phenoxy) is 1. The minimum atomic E-state index is -1.11. The van der Waals surface area contributed by atoms with Crippen LogP contribution in [-0.4, -0.2) is 28.7 Å². The molecule has 0 radical (unpaired) electrons. The van der Waals surface area contributed by atoms with Gasteiger partial charge >= 0.3 is 0 Å². The Labute approximate surface area is 168 Å². The Morgan fingerprint density at radius 1 is 1.31 bits per heavy atom. The van der Waals surface area contributed by atoms with Crippen LogP contribution < -0.4 is 10.1 Å². The monoisotopic (exact) mass is 391 g/mol. The zero-order valence-corrected chi connectivity index (χ0v) is 16.3. The highest BCUT2D eigenvalue weighted by molar-refractivity contribution is 5.92. The lowest BCUT2D eigenvalue weighted by molar-refractivity contribution is -0.117. The number of aryl methyl sites for hydroxylation is 1. The highest BCUT2D eigenvalue weighted by Crippen LogP contribution is 2.33. The van der Waals surface area contributed by atoms with Crippen molar-refractivity contribution in [2.24, 2.45) is 0 Å². The summed E-state index contributed by atoms with van der Waals surface area (Å²) in [5.41, 5.74) is 4.37. The molecule has 0 spiro atoms. The van der Waals surface area contributed by atoms with Gasteiger partial charge in [-0.2, -0.15) is 0 Å². The van der Waals surface area contributed by atoms with Gasteiger partial charge in [0.05, 0.1) is 30.9 Å². The third-order valence-corrected chi connectivity index (χ3v) is 5.09. The summed E-state index contributed by atoms with van der Waals surface area (Å²) in [4.78, 5) is 16.6. The van der Waals surface area contributed by atoms with Gasteiger partial charge < -0.3 is 14.6 Å². The Kier molecular flexibility index (Phi) is 5.16. The van der Waals surface area contributed by atoms with Crippen LogP contribution in [0.5, 0.6) is 5.75 Å². The van der Waals surface area contributed by atoms with E-state index >= 15 is 0 Å². The molecule has 1 aliphatic rings. The fraction of sp³-hybridized carbons (Fsp3) is 0.217. The average molecular weight is 391 g/mol. The second-order valence-electron chi connectivity index (χ2n) is 7.09. The minimum absolute atomic E-state index is 0.331. The average Bonchev–Trinajstić information content (AvgIpc) is 3.29. The number of hydrogen-bond donors (Lipinski definition) is 1. The lowest BCUT2D eigenvalue weighted by atomic mass is 10.1. The van der Waals surface area contributed by atoms with Gasteiger partial charge in [0.2, 0.25) is 5.91 Å². The van der Waals surface area contributed by atoms with E-state index in [4.69, 9.17) is 4.74 Å². The van der Waals surface area contributed by atoms with Gasteiger partial charge in [-0.15, -0.1) is 0 Å². The van der Waals surface area contributed by atoms with E-state index in [9.17, 15) is 9.18 Å². The van der Waals surface area contributed by atoms with Gasteiger partial charge in [-0.1, -0.05) is 30.3 Å². The number of fused-ring (bicyclic) bond motifs is 1. The molecule has 2 unspecified atom stereocenters. The molecule has 3 aromatic rings. The topological polar surface area (TPSA) is 56.1 Å². The maximum atomic E-state index is 14.3. The molecule has 29 heavy (non-hydrogen) atoms. The van der Waals surface area contributed by atoms with E-state index in [1.165, 1.54) is 6.08 Å². The van der Waals surface area contributed by atoms with Crippen LogP contribution in [0.3, 0.4) is 0 Å². The number of imidazole rings is 1. The van der Waals surface area contributed by atoms with Crippen molar-refractivity contribution < 1.29 is 13.9 Å². The lowest BCUT2D eigenvalue weighted by Crippen LogP contribution is -2.30. The minimum Gasteiger partial charge on any atom is -0.495 e. The van der Waals surface area contributed by atoms with Crippen LogP contribution >= 0.6 is 0 Å². The van der Waals surface area contributed by atoms with E-state index in [0.29, 0.717) is 12.2 Å². The van der Waals surface area contributed by atoms with Crippen molar-refractivity contribution in [1.82, 2.24) is 14.9 Å². The van der Waals surface area contributed by atoms with Crippen LogP contribution in [0.15, 0.2) is 61.1 Å². The maximum Gasteiger partial charge on any atom is 0.244 e. The van der Waals surface area contributed by atoms with Gasteiger partial charge in [-0.05, 0) is 41.8 Å². The molecule has 1 heterocycles. The SMILES string of the molecule is COc1cc(C=CC(=O)NC2c3ccccc3CC2F)ccc1-n1cnc(C)c1. The standard InChI is InChI=1S/C23H22FN3O2/c1-15-13-27(14-25-15)20-9-7-16(11-21(20)29-2)8-10-22(28)26-23-18-6-4-3-5-17(18)12-19(23)24/h3-11,13-14,19,23H,12H2,1-2H3,(H,26,28). The molecule has 0 fully saturated rings. The van der Waals surface area contributed by atoms with E-state index in [0.717, 1.165) is 28.1 Å². The van der Waals surface area contributed by atoms with Gasteiger partial charge in [-0.3, -0.25) is 4.79 Å². The first kappa shape index (κ1) is 18.9. The molecule has 4 rings (SSSR count). The largest absolute Gasteiger partial charge is 0.495 e. The van der Waals surface area contributed by atoms with Crippen LogP contribution in [0.25, 0.3) is 11.8 Å². The van der Waals surface area contributed by atoms with Gasteiger partial charge in [0.1, 0.15) is 11.9 Å². The van der Waals surface area contributed by atoms with Crippen molar-refractivity contribution in [3.05, 3.63) is 83.4 Å². The molecular formula is C23H22FN3O2. The molecule has 1 amide bonds. The number of nitrogens with zero attached hydrogens (tertiary/aromatic N) is 2. The summed E-state index contributed by atoms with van der Waals surface area (Å²) < 4.78 is 21.7. The number of alkyl halides is 1. The summed E-state index contributed by atoms with van der Waals surface area (Å²) in [5.74, 6) is 0.334. The summed E-state index contributed by atoms with van der Waals surface area (Å²) in [6.45, 7) is 1.92. The summed E-state index contributed by atoms with van der Waals surface area (Å²) in [5, 5.41) is 2.78. The number of halogens is 1. The molecule has 148 valence electrons. The molecule has 0 saturated carbocycles. The van der Waals surface area contributed by atoms with Crippen LogP contribution in [0.1, 0.15) is 28.4 Å². The van der Waals surface area contributed by atoms with Crippen LogP contribution in [0, 0.1) is 6.92 Å². The number of carbonyl (C=O) groups is 1. The summed E-state index contributed by atoms with van der Waals surface area (Å²) in [6, 6.07) is 12.5. The first-order chi connectivity index (χ1) is 14.0. The zero-order chi connectivity index (χ0) is 20.4. The number of benzene rings is 2. The van der Waals surface area contributed by atoms with E-state index in [1.807, 2.05) is 60.2 Å². The molecule has 0 saturated heterocycles. The Balaban J connectivity index is 1.48. The Hall–Kier alpha value is -3.41. The van der Waals surface area contributed by atoms with E-state index in [2.05, 4.69) is 10.3 Å². The van der Waals surface area contributed by atoms with Crippen molar-refractivity contribution in [1.29, 1.82) is 0 Å². The fourth-order valence-electron chi connectivity index (χ4n) is 3.65. The quantitative estimate of drug-likeness (QED) is 0.670. The van der Waals surface area contributed by atoms with Crippen molar-refractivity contribution in [2.75, 3.05) is 7.11 Å². The number of aromatic nitrogens is 2. The first-order valence-electron chi connectivity index (χ1n) is 9.44. The van der Waals surface area contributed by atoms with Crippen molar-refractivity contribution in [3.63, 3.8) is 0 Å². The van der Waals surface area contributed by atoms with Crippen molar-refractivity contribution >= 4 is 12.0 Å². The smallest absolute Gasteiger partial charge is 0.244 e. The summed E-state index contributed by atoms with van der Waals surface area (Å²) >= 11 is 0. The van der Waals surface area contributed by atoms with E-state index in [-0.39, 0.29) is 5.91 Å². The van der Waals surface area contributed by atoms with Gasteiger partial charge in [0.25, 0.3) is 0 Å². The second-order valence-corrected chi connectivity index (χ2v) is 7.09. The van der Waals surface area contributed by atoms with Crippen LogP contribution in [0.4, 0.5) is 4.39 Å². The van der Waals surface area contributed by atoms with Crippen molar-refractivity contribution in [2.45, 2.75) is 25.6 Å². The summed E-state index contributed by atoms with van der Waals surface area (Å²) in [6.07, 6.45) is 5.97.